The van der Waals surface area contributed by atoms with Crippen LogP contribution in [0.2, 0.25) is 0 Å². The van der Waals surface area contributed by atoms with E-state index >= 15 is 0 Å². The molecular weight excluding hydrogens is 316 g/mol. The third-order valence-electron chi connectivity index (χ3n) is 3.77. The van der Waals surface area contributed by atoms with Gasteiger partial charge < -0.3 is 4.52 Å². The highest BCUT2D eigenvalue weighted by Gasteiger charge is 2.24. The van der Waals surface area contributed by atoms with E-state index in [9.17, 15) is 4.79 Å². The van der Waals surface area contributed by atoms with Gasteiger partial charge in [-0.25, -0.2) is 0 Å². The van der Waals surface area contributed by atoms with Gasteiger partial charge in [0.2, 0.25) is 5.13 Å². The molecule has 1 amide bonds. The second-order valence-electron chi connectivity index (χ2n) is 5.42. The minimum atomic E-state index is -0.300. The van der Waals surface area contributed by atoms with Crippen LogP contribution in [0.4, 0.5) is 5.13 Å². The molecule has 0 fully saturated rings. The maximum absolute atomic E-state index is 12.4. The molecule has 3 aromatic rings. The van der Waals surface area contributed by atoms with Crippen molar-refractivity contribution in [2.24, 2.45) is 7.05 Å². The molecule has 3 aromatic heterocycles. The number of aryl methyl sites for hydroxylation is 2. The molecule has 0 saturated carbocycles. The largest absolute Gasteiger partial charge is 0.360 e. The van der Waals surface area contributed by atoms with Gasteiger partial charge in [0.05, 0.1) is 11.8 Å². The van der Waals surface area contributed by atoms with E-state index in [1.807, 2.05) is 13.2 Å². The number of anilines is 1. The minimum absolute atomic E-state index is 0.300. The minimum Gasteiger partial charge on any atom is -0.360 e. The number of amides is 1. The Morgan fingerprint density at radius 1 is 1.39 bits per heavy atom. The number of carbonyl (C=O) groups is 1. The van der Waals surface area contributed by atoms with Crippen molar-refractivity contribution in [3.05, 3.63) is 29.4 Å². The van der Waals surface area contributed by atoms with Gasteiger partial charge in [-0.2, -0.15) is 14.5 Å². The van der Waals surface area contributed by atoms with Gasteiger partial charge in [-0.05, 0) is 19.3 Å². The average molecular weight is 330 g/mol. The summed E-state index contributed by atoms with van der Waals surface area (Å²) in [5.41, 5.74) is 2.09. The van der Waals surface area contributed by atoms with Crippen LogP contribution >= 0.6 is 11.5 Å². The summed E-state index contributed by atoms with van der Waals surface area (Å²) in [6, 6.07) is 0. The Balaban J connectivity index is 1.53. The molecule has 9 heteroatoms. The van der Waals surface area contributed by atoms with E-state index in [2.05, 4.69) is 24.9 Å². The predicted molar refractivity (Wildman–Crippen MR) is 83.2 cm³/mol. The summed E-state index contributed by atoms with van der Waals surface area (Å²) in [5, 5.41) is 11.2. The normalized spacial score (nSPS) is 13.8. The summed E-state index contributed by atoms with van der Waals surface area (Å²) >= 11 is 1.13. The highest BCUT2D eigenvalue weighted by atomic mass is 32.1. The van der Waals surface area contributed by atoms with Crippen molar-refractivity contribution < 1.29 is 9.32 Å². The number of rotatable bonds is 3. The molecule has 0 spiro atoms. The Labute approximate surface area is 135 Å². The van der Waals surface area contributed by atoms with Crippen LogP contribution in [-0.4, -0.2) is 30.2 Å². The third kappa shape index (κ3) is 2.63. The maximum Gasteiger partial charge on any atom is 0.279 e. The fraction of sp³-hybridized carbons (Fsp3) is 0.357. The number of nitrogens with zero attached hydrogens (tertiary/aromatic N) is 5. The van der Waals surface area contributed by atoms with Gasteiger partial charge in [0.15, 0.2) is 11.5 Å². The van der Waals surface area contributed by atoms with Gasteiger partial charge in [-0.3, -0.25) is 14.8 Å². The zero-order valence-electron chi connectivity index (χ0n) is 12.4. The lowest BCUT2D eigenvalue weighted by molar-refractivity contribution is 0.101. The molecule has 1 aliphatic rings. The lowest BCUT2D eigenvalue weighted by Crippen LogP contribution is -2.15. The number of fused-ring (bicyclic) bond motifs is 1. The van der Waals surface area contributed by atoms with Crippen LogP contribution in [0.3, 0.4) is 0 Å². The summed E-state index contributed by atoms with van der Waals surface area (Å²) in [7, 11) is 1.83. The predicted octanol–water partition coefficient (Wildman–Crippen LogP) is 2.06. The van der Waals surface area contributed by atoms with E-state index in [1.54, 1.807) is 10.9 Å². The summed E-state index contributed by atoms with van der Waals surface area (Å²) in [6.45, 7) is 0. The van der Waals surface area contributed by atoms with Crippen LogP contribution in [0, 0.1) is 0 Å². The molecule has 0 atom stereocenters. The SMILES string of the molecule is Cn1cc(-c2nsc(NC(=O)c3noc4c3CCCC4)n2)cn1. The molecule has 0 aliphatic heterocycles. The van der Waals surface area contributed by atoms with Crippen molar-refractivity contribution in [3.63, 3.8) is 0 Å². The smallest absolute Gasteiger partial charge is 0.279 e. The summed E-state index contributed by atoms with van der Waals surface area (Å²) < 4.78 is 11.2. The number of nitrogens with one attached hydrogen (secondary N) is 1. The van der Waals surface area contributed by atoms with E-state index in [-0.39, 0.29) is 5.91 Å². The molecule has 3 heterocycles. The lowest BCUT2D eigenvalue weighted by Gasteiger charge is -2.08. The molecule has 0 bridgehead atoms. The van der Waals surface area contributed by atoms with Crippen LogP contribution in [0.15, 0.2) is 16.9 Å². The zero-order chi connectivity index (χ0) is 15.8. The van der Waals surface area contributed by atoms with Crippen LogP contribution in [0.5, 0.6) is 0 Å². The summed E-state index contributed by atoms with van der Waals surface area (Å²) in [5.74, 6) is 1.07. The molecule has 118 valence electrons. The topological polar surface area (TPSA) is 98.7 Å². The van der Waals surface area contributed by atoms with Crippen molar-refractivity contribution >= 4 is 22.6 Å². The summed E-state index contributed by atoms with van der Waals surface area (Å²) in [6.07, 6.45) is 7.31. The van der Waals surface area contributed by atoms with Crippen molar-refractivity contribution in [2.75, 3.05) is 5.32 Å². The first kappa shape index (κ1) is 14.1. The van der Waals surface area contributed by atoms with Gasteiger partial charge in [-0.1, -0.05) is 5.16 Å². The number of hydrogen-bond donors (Lipinski definition) is 1. The molecule has 0 saturated heterocycles. The Bertz CT molecular complexity index is 864. The number of carbonyl (C=O) groups excluding carboxylic acids is 1. The van der Waals surface area contributed by atoms with Crippen LogP contribution in [0.1, 0.15) is 34.7 Å². The van der Waals surface area contributed by atoms with Crippen molar-refractivity contribution in [3.8, 4) is 11.4 Å². The van der Waals surface area contributed by atoms with Crippen LogP contribution in [0.25, 0.3) is 11.4 Å². The molecule has 8 nitrogen and oxygen atoms in total. The molecule has 4 rings (SSSR count). The first-order valence-electron chi connectivity index (χ1n) is 7.32. The van der Waals surface area contributed by atoms with Gasteiger partial charge in [0.25, 0.3) is 5.91 Å². The third-order valence-corrected chi connectivity index (χ3v) is 4.41. The van der Waals surface area contributed by atoms with E-state index in [4.69, 9.17) is 4.52 Å². The van der Waals surface area contributed by atoms with Crippen molar-refractivity contribution in [1.82, 2.24) is 24.3 Å². The Kier molecular flexibility index (Phi) is 3.41. The van der Waals surface area contributed by atoms with Crippen LogP contribution < -0.4 is 5.32 Å². The Hall–Kier alpha value is -2.55. The standard InChI is InChI=1S/C14H14N6O2S/c1-20-7-8(6-15-20)12-16-14(23-19-12)17-13(21)11-9-4-2-3-5-10(9)22-18-11/h6-7H,2-5H2,1H3,(H,16,17,19,21). The van der Waals surface area contributed by atoms with Crippen molar-refractivity contribution in [2.45, 2.75) is 25.7 Å². The summed E-state index contributed by atoms with van der Waals surface area (Å²) in [4.78, 5) is 16.7. The molecular formula is C14H14N6O2S. The maximum atomic E-state index is 12.4. The van der Waals surface area contributed by atoms with E-state index in [1.165, 1.54) is 0 Å². The highest BCUT2D eigenvalue weighted by molar-refractivity contribution is 7.10. The molecule has 1 aliphatic carbocycles. The zero-order valence-corrected chi connectivity index (χ0v) is 13.3. The van der Waals surface area contributed by atoms with Gasteiger partial charge >= 0.3 is 0 Å². The average Bonchev–Trinajstić information content (AvgIpc) is 3.25. The van der Waals surface area contributed by atoms with E-state index < -0.39 is 0 Å². The second-order valence-corrected chi connectivity index (χ2v) is 6.17. The number of hydrogen-bond acceptors (Lipinski definition) is 7. The first-order chi connectivity index (χ1) is 11.2. The highest BCUT2D eigenvalue weighted by Crippen LogP contribution is 2.26. The van der Waals surface area contributed by atoms with Gasteiger partial charge in [0, 0.05) is 36.8 Å². The number of aromatic nitrogens is 5. The lowest BCUT2D eigenvalue weighted by atomic mass is 9.96. The molecule has 0 aromatic carbocycles. The molecule has 1 N–H and O–H groups in total. The Morgan fingerprint density at radius 3 is 3.09 bits per heavy atom. The monoisotopic (exact) mass is 330 g/mol. The molecule has 23 heavy (non-hydrogen) atoms. The van der Waals surface area contributed by atoms with Crippen molar-refractivity contribution in [1.29, 1.82) is 0 Å². The van der Waals surface area contributed by atoms with E-state index in [0.717, 1.165) is 54.1 Å². The van der Waals surface area contributed by atoms with Crippen LogP contribution in [-0.2, 0) is 19.9 Å². The second kappa shape index (κ2) is 5.58. The Morgan fingerprint density at radius 2 is 2.26 bits per heavy atom. The first-order valence-corrected chi connectivity index (χ1v) is 8.09. The molecule has 0 radical (unpaired) electrons. The fourth-order valence-electron chi connectivity index (χ4n) is 2.65. The van der Waals surface area contributed by atoms with Gasteiger partial charge in [-0.15, -0.1) is 0 Å². The molecule has 0 unspecified atom stereocenters. The quantitative estimate of drug-likeness (QED) is 0.789. The van der Waals surface area contributed by atoms with E-state index in [0.29, 0.717) is 16.6 Å². The van der Waals surface area contributed by atoms with Gasteiger partial charge in [0.1, 0.15) is 5.76 Å². The fourth-order valence-corrected chi connectivity index (χ4v) is 3.23.